The number of hydrogen-bond acceptors (Lipinski definition) is 4. The minimum Gasteiger partial charge on any atom is -0.493 e. The standard InChI is InChI=1S/C12H12ClFO4/c1-4-18-12(16)10(15)9-6(2)7(13)5-8(14)11(9)17-3/h5H,4H2,1-3H3. The second-order valence-electron chi connectivity index (χ2n) is 3.42. The average molecular weight is 275 g/mol. The summed E-state index contributed by atoms with van der Waals surface area (Å²) in [6.45, 7) is 3.11. The number of halogens is 2. The maximum atomic E-state index is 13.6. The van der Waals surface area contributed by atoms with Crippen molar-refractivity contribution in [1.82, 2.24) is 0 Å². The van der Waals surface area contributed by atoms with Crippen molar-refractivity contribution >= 4 is 23.4 Å². The predicted octanol–water partition coefficient (Wildman–Crippen LogP) is 2.54. The summed E-state index contributed by atoms with van der Waals surface area (Å²) in [5.74, 6) is -3.16. The molecule has 0 amide bonds. The minimum absolute atomic E-state index is 0.0425. The summed E-state index contributed by atoms with van der Waals surface area (Å²) in [6.07, 6.45) is 0. The molecule has 0 aliphatic carbocycles. The van der Waals surface area contributed by atoms with Crippen molar-refractivity contribution in [2.24, 2.45) is 0 Å². The highest BCUT2D eigenvalue weighted by atomic mass is 35.5. The lowest BCUT2D eigenvalue weighted by molar-refractivity contribution is -0.137. The molecule has 0 aromatic heterocycles. The van der Waals surface area contributed by atoms with Crippen LogP contribution in [0.2, 0.25) is 5.02 Å². The fourth-order valence-corrected chi connectivity index (χ4v) is 1.66. The van der Waals surface area contributed by atoms with Crippen molar-refractivity contribution in [3.8, 4) is 5.75 Å². The van der Waals surface area contributed by atoms with Crippen LogP contribution in [0.15, 0.2) is 6.07 Å². The van der Waals surface area contributed by atoms with Crippen LogP contribution in [0.1, 0.15) is 22.8 Å². The number of methoxy groups -OCH3 is 1. The maximum Gasteiger partial charge on any atom is 0.379 e. The van der Waals surface area contributed by atoms with E-state index in [1.807, 2.05) is 0 Å². The van der Waals surface area contributed by atoms with Gasteiger partial charge in [-0.25, -0.2) is 9.18 Å². The van der Waals surface area contributed by atoms with Crippen LogP contribution in [0.3, 0.4) is 0 Å². The molecule has 0 fully saturated rings. The summed E-state index contributed by atoms with van der Waals surface area (Å²) in [7, 11) is 1.20. The number of ether oxygens (including phenoxy) is 2. The van der Waals surface area contributed by atoms with E-state index in [9.17, 15) is 14.0 Å². The molecule has 0 saturated carbocycles. The first-order valence-corrected chi connectivity index (χ1v) is 5.55. The van der Waals surface area contributed by atoms with Gasteiger partial charge in [0, 0.05) is 5.02 Å². The van der Waals surface area contributed by atoms with Gasteiger partial charge in [0.2, 0.25) is 0 Å². The zero-order chi connectivity index (χ0) is 13.9. The lowest BCUT2D eigenvalue weighted by Gasteiger charge is -2.12. The Balaban J connectivity index is 3.38. The molecule has 0 heterocycles. The van der Waals surface area contributed by atoms with E-state index < -0.39 is 17.6 Å². The summed E-state index contributed by atoms with van der Waals surface area (Å²) >= 11 is 5.77. The highest BCUT2D eigenvalue weighted by Crippen LogP contribution is 2.31. The number of ketones is 1. The number of esters is 1. The lowest BCUT2D eigenvalue weighted by atomic mass is 10.0. The van der Waals surface area contributed by atoms with Gasteiger partial charge in [0.05, 0.1) is 19.3 Å². The monoisotopic (exact) mass is 274 g/mol. The summed E-state index contributed by atoms with van der Waals surface area (Å²) in [5.41, 5.74) is 0.0638. The number of hydrogen-bond donors (Lipinski definition) is 0. The van der Waals surface area contributed by atoms with Crippen LogP contribution in [-0.2, 0) is 9.53 Å². The summed E-state index contributed by atoms with van der Waals surface area (Å²) in [6, 6.07) is 1.03. The second-order valence-corrected chi connectivity index (χ2v) is 3.83. The molecule has 0 spiro atoms. The number of rotatable bonds is 4. The first-order valence-electron chi connectivity index (χ1n) is 5.18. The van der Waals surface area contributed by atoms with Crippen molar-refractivity contribution in [3.63, 3.8) is 0 Å². The molecule has 0 unspecified atom stereocenters. The Morgan fingerprint density at radius 1 is 1.44 bits per heavy atom. The fourth-order valence-electron chi connectivity index (χ4n) is 1.47. The van der Waals surface area contributed by atoms with E-state index in [-0.39, 0.29) is 28.5 Å². The van der Waals surface area contributed by atoms with Crippen LogP contribution in [0.5, 0.6) is 5.75 Å². The van der Waals surface area contributed by atoms with Gasteiger partial charge in [0.1, 0.15) is 0 Å². The van der Waals surface area contributed by atoms with Crippen LogP contribution in [-0.4, -0.2) is 25.5 Å². The molecule has 4 nitrogen and oxygen atoms in total. The van der Waals surface area contributed by atoms with Gasteiger partial charge in [0.25, 0.3) is 5.78 Å². The Kier molecular flexibility index (Phi) is 4.67. The van der Waals surface area contributed by atoms with Crippen LogP contribution in [0.4, 0.5) is 4.39 Å². The van der Waals surface area contributed by atoms with Gasteiger partial charge in [-0.1, -0.05) is 11.6 Å². The zero-order valence-electron chi connectivity index (χ0n) is 10.2. The Morgan fingerprint density at radius 2 is 2.06 bits per heavy atom. The van der Waals surface area contributed by atoms with E-state index in [1.54, 1.807) is 6.92 Å². The predicted molar refractivity (Wildman–Crippen MR) is 63.7 cm³/mol. The maximum absolute atomic E-state index is 13.6. The molecule has 0 saturated heterocycles. The molecule has 0 atom stereocenters. The quantitative estimate of drug-likeness (QED) is 0.481. The van der Waals surface area contributed by atoms with Crippen LogP contribution < -0.4 is 4.74 Å². The van der Waals surface area contributed by atoms with Crippen LogP contribution in [0.25, 0.3) is 0 Å². The molecule has 0 aliphatic heterocycles. The molecular weight excluding hydrogens is 263 g/mol. The van der Waals surface area contributed by atoms with Crippen molar-refractivity contribution in [2.45, 2.75) is 13.8 Å². The first kappa shape index (κ1) is 14.4. The van der Waals surface area contributed by atoms with Crippen molar-refractivity contribution in [1.29, 1.82) is 0 Å². The second kappa shape index (κ2) is 5.82. The Morgan fingerprint density at radius 3 is 2.56 bits per heavy atom. The molecule has 98 valence electrons. The van der Waals surface area contributed by atoms with Gasteiger partial charge in [-0.15, -0.1) is 0 Å². The largest absolute Gasteiger partial charge is 0.493 e. The SMILES string of the molecule is CCOC(=O)C(=O)c1c(C)c(Cl)cc(F)c1OC. The van der Waals surface area contributed by atoms with E-state index in [4.69, 9.17) is 16.3 Å². The molecule has 0 radical (unpaired) electrons. The number of benzene rings is 1. The highest BCUT2D eigenvalue weighted by molar-refractivity contribution is 6.42. The molecule has 1 aromatic rings. The molecular formula is C12H12ClFO4. The van der Waals surface area contributed by atoms with Crippen molar-refractivity contribution in [3.05, 3.63) is 28.0 Å². The number of carbonyl (C=O) groups is 2. The van der Waals surface area contributed by atoms with Gasteiger partial charge in [-0.3, -0.25) is 4.79 Å². The van der Waals surface area contributed by atoms with Gasteiger partial charge < -0.3 is 9.47 Å². The van der Waals surface area contributed by atoms with Gasteiger partial charge in [-0.05, 0) is 25.5 Å². The van der Waals surface area contributed by atoms with Crippen LogP contribution in [0, 0.1) is 12.7 Å². The van der Waals surface area contributed by atoms with Crippen LogP contribution >= 0.6 is 11.6 Å². The van der Waals surface area contributed by atoms with Gasteiger partial charge >= 0.3 is 5.97 Å². The molecule has 0 N–H and O–H groups in total. The summed E-state index contributed by atoms with van der Waals surface area (Å²) in [4.78, 5) is 23.3. The van der Waals surface area contributed by atoms with E-state index in [2.05, 4.69) is 4.74 Å². The van der Waals surface area contributed by atoms with E-state index in [0.29, 0.717) is 0 Å². The normalized spacial score (nSPS) is 10.1. The molecule has 0 bridgehead atoms. The smallest absolute Gasteiger partial charge is 0.379 e. The van der Waals surface area contributed by atoms with Crippen molar-refractivity contribution < 1.29 is 23.5 Å². The molecule has 6 heteroatoms. The van der Waals surface area contributed by atoms with Gasteiger partial charge in [0.15, 0.2) is 11.6 Å². The van der Waals surface area contributed by atoms with E-state index >= 15 is 0 Å². The third-order valence-corrected chi connectivity index (χ3v) is 2.72. The molecule has 0 aliphatic rings. The number of carbonyl (C=O) groups excluding carboxylic acids is 2. The Labute approximate surface area is 109 Å². The molecule has 1 rings (SSSR count). The Bertz CT molecular complexity index is 499. The summed E-state index contributed by atoms with van der Waals surface area (Å²) < 4.78 is 23.0. The average Bonchev–Trinajstić information content (AvgIpc) is 2.32. The fraction of sp³-hybridized carbons (Fsp3) is 0.333. The van der Waals surface area contributed by atoms with E-state index in [1.165, 1.54) is 14.0 Å². The first-order chi connectivity index (χ1) is 8.43. The number of Topliss-reactive ketones (excluding diaryl/α,β-unsaturated/α-hetero) is 1. The van der Waals surface area contributed by atoms with Crippen molar-refractivity contribution in [2.75, 3.05) is 13.7 Å². The third kappa shape index (κ3) is 2.61. The van der Waals surface area contributed by atoms with E-state index in [0.717, 1.165) is 6.07 Å². The molecule has 1 aromatic carbocycles. The topological polar surface area (TPSA) is 52.6 Å². The molecule has 18 heavy (non-hydrogen) atoms. The van der Waals surface area contributed by atoms with Gasteiger partial charge in [-0.2, -0.15) is 0 Å². The minimum atomic E-state index is -1.07. The lowest BCUT2D eigenvalue weighted by Crippen LogP contribution is -2.20. The Hall–Kier alpha value is -1.62. The highest BCUT2D eigenvalue weighted by Gasteiger charge is 2.27. The summed E-state index contributed by atoms with van der Waals surface area (Å²) in [5, 5.41) is 0.0425. The third-order valence-electron chi connectivity index (χ3n) is 2.32. The zero-order valence-corrected chi connectivity index (χ0v) is 10.9.